The highest BCUT2D eigenvalue weighted by Crippen LogP contribution is 2.38. The SMILES string of the molecule is Fc1ccc(C2CCCC(Cl)C2)cc1C(F)(F)F. The van der Waals surface area contributed by atoms with Gasteiger partial charge < -0.3 is 0 Å². The van der Waals surface area contributed by atoms with Gasteiger partial charge in [0.05, 0.1) is 5.56 Å². The molecule has 1 aliphatic rings. The standard InChI is InChI=1S/C13H13ClF4/c14-10-3-1-2-8(6-10)9-4-5-12(15)11(7-9)13(16,17)18/h4-5,7-8,10H,1-3,6H2. The first kappa shape index (κ1) is 13.7. The summed E-state index contributed by atoms with van der Waals surface area (Å²) in [6.07, 6.45) is -1.38. The predicted octanol–water partition coefficient (Wildman–Crippen LogP) is 5.11. The second-order valence-corrected chi connectivity index (χ2v) is 5.32. The van der Waals surface area contributed by atoms with Crippen LogP contribution >= 0.6 is 11.6 Å². The van der Waals surface area contributed by atoms with Crippen LogP contribution in [0.5, 0.6) is 0 Å². The average molecular weight is 281 g/mol. The molecule has 1 aromatic rings. The van der Waals surface area contributed by atoms with E-state index in [1.54, 1.807) is 0 Å². The number of benzene rings is 1. The zero-order valence-electron chi connectivity index (χ0n) is 9.61. The molecule has 5 heteroatoms. The Bertz CT molecular complexity index is 427. The number of rotatable bonds is 1. The lowest BCUT2D eigenvalue weighted by molar-refractivity contribution is -0.140. The topological polar surface area (TPSA) is 0 Å². The summed E-state index contributed by atoms with van der Waals surface area (Å²) >= 11 is 6.03. The van der Waals surface area contributed by atoms with Gasteiger partial charge in [0, 0.05) is 5.38 Å². The van der Waals surface area contributed by atoms with Crippen molar-refractivity contribution >= 4 is 11.6 Å². The third kappa shape index (κ3) is 2.97. The Hall–Kier alpha value is -0.770. The Morgan fingerprint density at radius 1 is 1.17 bits per heavy atom. The number of halogens is 5. The number of hydrogen-bond donors (Lipinski definition) is 0. The van der Waals surface area contributed by atoms with E-state index >= 15 is 0 Å². The summed E-state index contributed by atoms with van der Waals surface area (Å²) in [5.74, 6) is -1.22. The van der Waals surface area contributed by atoms with E-state index in [-0.39, 0.29) is 11.3 Å². The molecule has 2 unspecified atom stereocenters. The quantitative estimate of drug-likeness (QED) is 0.495. The van der Waals surface area contributed by atoms with Crippen LogP contribution in [0, 0.1) is 5.82 Å². The zero-order valence-corrected chi connectivity index (χ0v) is 10.4. The average Bonchev–Trinajstić information content (AvgIpc) is 2.28. The highest BCUT2D eigenvalue weighted by Gasteiger charge is 2.35. The monoisotopic (exact) mass is 280 g/mol. The smallest absolute Gasteiger partial charge is 0.206 e. The van der Waals surface area contributed by atoms with E-state index in [4.69, 9.17) is 11.6 Å². The van der Waals surface area contributed by atoms with Crippen molar-refractivity contribution < 1.29 is 17.6 Å². The molecule has 1 aliphatic carbocycles. The molecule has 0 saturated heterocycles. The van der Waals surface area contributed by atoms with Gasteiger partial charge in [-0.25, -0.2) is 4.39 Å². The molecular weight excluding hydrogens is 268 g/mol. The van der Waals surface area contributed by atoms with Crippen LogP contribution in [0.2, 0.25) is 0 Å². The molecule has 0 nitrogen and oxygen atoms in total. The van der Waals surface area contributed by atoms with Gasteiger partial charge in [0.2, 0.25) is 0 Å². The van der Waals surface area contributed by atoms with Gasteiger partial charge in [-0.15, -0.1) is 11.6 Å². The van der Waals surface area contributed by atoms with E-state index in [0.717, 1.165) is 31.4 Å². The fourth-order valence-corrected chi connectivity index (χ4v) is 2.82. The molecule has 1 saturated carbocycles. The molecule has 0 spiro atoms. The van der Waals surface area contributed by atoms with Crippen molar-refractivity contribution in [1.82, 2.24) is 0 Å². The van der Waals surface area contributed by atoms with Crippen molar-refractivity contribution in [3.63, 3.8) is 0 Å². The van der Waals surface area contributed by atoms with Gasteiger partial charge in [-0.1, -0.05) is 12.5 Å². The van der Waals surface area contributed by atoms with Gasteiger partial charge in [-0.3, -0.25) is 0 Å². The first-order chi connectivity index (χ1) is 8.38. The number of alkyl halides is 4. The van der Waals surface area contributed by atoms with Gasteiger partial charge in [-0.05, 0) is 42.9 Å². The summed E-state index contributed by atoms with van der Waals surface area (Å²) in [6.45, 7) is 0. The van der Waals surface area contributed by atoms with Gasteiger partial charge in [-0.2, -0.15) is 13.2 Å². The minimum Gasteiger partial charge on any atom is -0.206 e. The summed E-state index contributed by atoms with van der Waals surface area (Å²) in [4.78, 5) is 0. The molecule has 2 rings (SSSR count). The van der Waals surface area contributed by atoms with Crippen LogP contribution in [0.25, 0.3) is 0 Å². The first-order valence-corrected chi connectivity index (χ1v) is 6.32. The van der Waals surface area contributed by atoms with Gasteiger partial charge in [0.25, 0.3) is 0 Å². The maximum absolute atomic E-state index is 13.2. The lowest BCUT2D eigenvalue weighted by atomic mass is 9.83. The van der Waals surface area contributed by atoms with E-state index in [2.05, 4.69) is 0 Å². The molecule has 18 heavy (non-hydrogen) atoms. The molecule has 0 heterocycles. The van der Waals surface area contributed by atoms with Crippen molar-refractivity contribution in [3.8, 4) is 0 Å². The van der Waals surface area contributed by atoms with Crippen molar-refractivity contribution in [2.45, 2.75) is 43.2 Å². The third-order valence-electron chi connectivity index (χ3n) is 3.38. The predicted molar refractivity (Wildman–Crippen MR) is 62.3 cm³/mol. The van der Waals surface area contributed by atoms with Crippen molar-refractivity contribution in [2.75, 3.05) is 0 Å². The van der Waals surface area contributed by atoms with Crippen LogP contribution in [0.1, 0.15) is 42.7 Å². The summed E-state index contributed by atoms with van der Waals surface area (Å²) in [5.41, 5.74) is -0.647. The zero-order chi connectivity index (χ0) is 13.3. The largest absolute Gasteiger partial charge is 0.419 e. The molecule has 1 aromatic carbocycles. The normalized spacial score (nSPS) is 25.2. The molecule has 0 bridgehead atoms. The van der Waals surface area contributed by atoms with Crippen LogP contribution in [0.4, 0.5) is 17.6 Å². The first-order valence-electron chi connectivity index (χ1n) is 5.88. The Balaban J connectivity index is 2.29. The van der Waals surface area contributed by atoms with E-state index in [0.29, 0.717) is 12.0 Å². The third-order valence-corrected chi connectivity index (χ3v) is 3.77. The van der Waals surface area contributed by atoms with E-state index in [1.807, 2.05) is 0 Å². The van der Waals surface area contributed by atoms with Crippen molar-refractivity contribution in [3.05, 3.63) is 35.1 Å². The maximum Gasteiger partial charge on any atom is 0.419 e. The minimum absolute atomic E-state index is 0.00273. The molecule has 100 valence electrons. The molecule has 0 aromatic heterocycles. The van der Waals surface area contributed by atoms with Crippen molar-refractivity contribution in [1.29, 1.82) is 0 Å². The molecule has 0 radical (unpaired) electrons. The lowest BCUT2D eigenvalue weighted by Gasteiger charge is -2.26. The van der Waals surface area contributed by atoms with Gasteiger partial charge in [0.1, 0.15) is 5.82 Å². The second kappa shape index (κ2) is 5.08. The molecule has 0 aliphatic heterocycles. The van der Waals surface area contributed by atoms with Crippen LogP contribution in [-0.4, -0.2) is 5.38 Å². The molecular formula is C13H13ClF4. The number of hydrogen-bond acceptors (Lipinski definition) is 0. The lowest BCUT2D eigenvalue weighted by Crippen LogP contribution is -2.15. The van der Waals surface area contributed by atoms with Crippen LogP contribution in [0.15, 0.2) is 18.2 Å². The van der Waals surface area contributed by atoms with Gasteiger partial charge in [0.15, 0.2) is 0 Å². The molecule has 0 amide bonds. The fourth-order valence-electron chi connectivity index (χ4n) is 2.45. The van der Waals surface area contributed by atoms with E-state index in [9.17, 15) is 17.6 Å². The van der Waals surface area contributed by atoms with Gasteiger partial charge >= 0.3 is 6.18 Å². The van der Waals surface area contributed by atoms with Crippen LogP contribution < -0.4 is 0 Å². The summed E-state index contributed by atoms with van der Waals surface area (Å²) in [5, 5.41) is 0.00291. The Morgan fingerprint density at radius 3 is 2.50 bits per heavy atom. The molecule has 1 fully saturated rings. The molecule has 2 atom stereocenters. The van der Waals surface area contributed by atoms with E-state index in [1.165, 1.54) is 6.07 Å². The highest BCUT2D eigenvalue weighted by molar-refractivity contribution is 6.20. The van der Waals surface area contributed by atoms with E-state index < -0.39 is 17.6 Å². The van der Waals surface area contributed by atoms with Crippen LogP contribution in [-0.2, 0) is 6.18 Å². The Kier molecular flexibility index (Phi) is 3.85. The summed E-state index contributed by atoms with van der Waals surface area (Å²) in [7, 11) is 0. The van der Waals surface area contributed by atoms with Crippen LogP contribution in [0.3, 0.4) is 0 Å². The minimum atomic E-state index is -4.64. The molecule has 0 N–H and O–H groups in total. The maximum atomic E-state index is 13.2. The fraction of sp³-hybridized carbons (Fsp3) is 0.538. The highest BCUT2D eigenvalue weighted by atomic mass is 35.5. The Morgan fingerprint density at radius 2 is 1.89 bits per heavy atom. The summed E-state index contributed by atoms with van der Waals surface area (Å²) < 4.78 is 51.0. The Labute approximate surface area is 108 Å². The van der Waals surface area contributed by atoms with Crippen molar-refractivity contribution in [2.24, 2.45) is 0 Å². The second-order valence-electron chi connectivity index (χ2n) is 4.70. The summed E-state index contributed by atoms with van der Waals surface area (Å²) in [6, 6.07) is 3.26.